The fraction of sp³-hybridized carbons (Fsp3) is 0.0400. The minimum Gasteiger partial charge on any atom is -0.254 e. The molecule has 0 radical (unpaired) electrons. The number of hydrogen-bond acceptors (Lipinski definition) is 1. The van der Waals surface area contributed by atoms with Gasteiger partial charge in [0.05, 0.1) is 16.6 Å². The van der Waals surface area contributed by atoms with Crippen molar-refractivity contribution in [2.45, 2.75) is 4.90 Å². The van der Waals surface area contributed by atoms with Gasteiger partial charge in [-0.15, -0.1) is 0 Å². The Hall–Kier alpha value is -2.97. The van der Waals surface area contributed by atoms with Crippen LogP contribution in [0.3, 0.4) is 0 Å². The molecule has 0 aliphatic carbocycles. The Bertz CT molecular complexity index is 1190. The zero-order valence-corrected chi connectivity index (χ0v) is 15.6. The predicted molar refractivity (Wildman–Crippen MR) is 115 cm³/mol. The second-order valence-corrected chi connectivity index (χ2v) is 8.26. The first-order valence-corrected chi connectivity index (χ1v) is 10.4. The van der Waals surface area contributed by atoms with Gasteiger partial charge >= 0.3 is 0 Å². The molecule has 1 unspecified atom stereocenters. The van der Waals surface area contributed by atoms with Crippen molar-refractivity contribution in [2.75, 3.05) is 5.75 Å². The van der Waals surface area contributed by atoms with Crippen LogP contribution in [0.15, 0.2) is 95.9 Å². The monoisotopic (exact) mass is 366 g/mol. The van der Waals surface area contributed by atoms with E-state index >= 15 is 0 Å². The van der Waals surface area contributed by atoms with Gasteiger partial charge in [-0.25, -0.2) is 0 Å². The Labute approximate surface area is 161 Å². The molecule has 0 saturated carbocycles. The van der Waals surface area contributed by atoms with E-state index in [0.717, 1.165) is 27.0 Å². The maximum absolute atomic E-state index is 12.9. The Balaban J connectivity index is 1.65. The van der Waals surface area contributed by atoms with Crippen molar-refractivity contribution < 1.29 is 4.21 Å². The second-order valence-electron chi connectivity index (χ2n) is 6.84. The maximum Gasteiger partial charge on any atom is 0.0580 e. The molecule has 4 aromatic carbocycles. The van der Waals surface area contributed by atoms with E-state index in [1.165, 1.54) is 16.5 Å². The third-order valence-corrected chi connectivity index (χ3v) is 6.50. The molecule has 0 aromatic heterocycles. The Morgan fingerprint density at radius 1 is 0.630 bits per heavy atom. The molecule has 0 N–H and O–H groups in total. The fourth-order valence-electron chi connectivity index (χ4n) is 3.68. The molecule has 27 heavy (non-hydrogen) atoms. The second kappa shape index (κ2) is 6.64. The molecule has 1 aliphatic rings. The van der Waals surface area contributed by atoms with E-state index in [0.29, 0.717) is 5.75 Å². The van der Waals surface area contributed by atoms with Gasteiger partial charge in [0.25, 0.3) is 0 Å². The highest BCUT2D eigenvalue weighted by molar-refractivity contribution is 7.85. The lowest BCUT2D eigenvalue weighted by molar-refractivity contribution is 0.685. The Kier molecular flexibility index (Phi) is 3.99. The molecule has 1 atom stereocenters. The predicted octanol–water partition coefficient (Wildman–Crippen LogP) is 6.17. The summed E-state index contributed by atoms with van der Waals surface area (Å²) in [7, 11) is -1.01. The molecule has 1 heterocycles. The molecule has 0 saturated heterocycles. The van der Waals surface area contributed by atoms with Crippen LogP contribution < -0.4 is 0 Å². The molecule has 5 rings (SSSR count). The van der Waals surface area contributed by atoms with E-state index < -0.39 is 10.8 Å². The van der Waals surface area contributed by atoms with Crippen molar-refractivity contribution in [1.82, 2.24) is 0 Å². The van der Waals surface area contributed by atoms with Crippen molar-refractivity contribution in [2.24, 2.45) is 0 Å². The highest BCUT2D eigenvalue weighted by atomic mass is 32.2. The van der Waals surface area contributed by atoms with Gasteiger partial charge in [0, 0.05) is 4.90 Å². The van der Waals surface area contributed by atoms with E-state index in [1.807, 2.05) is 24.3 Å². The number of fused-ring (bicyclic) bond motifs is 2. The van der Waals surface area contributed by atoms with Crippen LogP contribution in [-0.4, -0.2) is 9.96 Å². The quantitative estimate of drug-likeness (QED) is 0.415. The third-order valence-electron chi connectivity index (χ3n) is 5.08. The first-order chi connectivity index (χ1) is 13.3. The summed E-state index contributed by atoms with van der Waals surface area (Å²) >= 11 is 0. The maximum atomic E-state index is 12.9. The zero-order valence-electron chi connectivity index (χ0n) is 14.8. The van der Waals surface area contributed by atoms with Gasteiger partial charge in [-0.1, -0.05) is 72.8 Å². The van der Waals surface area contributed by atoms with Crippen molar-refractivity contribution in [1.29, 1.82) is 0 Å². The Morgan fingerprint density at radius 2 is 1.33 bits per heavy atom. The molecular formula is C25H18OS. The van der Waals surface area contributed by atoms with E-state index in [4.69, 9.17) is 0 Å². The first-order valence-electron chi connectivity index (χ1n) is 9.05. The smallest absolute Gasteiger partial charge is 0.0580 e. The number of benzene rings is 4. The van der Waals surface area contributed by atoms with Gasteiger partial charge in [0.1, 0.15) is 0 Å². The van der Waals surface area contributed by atoms with Gasteiger partial charge in [-0.05, 0) is 62.9 Å². The molecule has 0 amide bonds. The molecule has 4 aromatic rings. The number of rotatable bonds is 2. The summed E-state index contributed by atoms with van der Waals surface area (Å²) in [5, 5.41) is 2.32. The largest absolute Gasteiger partial charge is 0.254 e. The lowest BCUT2D eigenvalue weighted by atomic mass is 9.98. The molecule has 1 nitrogen and oxygen atoms in total. The summed E-state index contributed by atoms with van der Waals surface area (Å²) in [6.07, 6.45) is 2.20. The summed E-state index contributed by atoms with van der Waals surface area (Å²) < 4.78 is 12.9. The van der Waals surface area contributed by atoms with Gasteiger partial charge in [-0.2, -0.15) is 0 Å². The molecule has 1 aliphatic heterocycles. The highest BCUT2D eigenvalue weighted by Gasteiger charge is 2.19. The van der Waals surface area contributed by atoms with Crippen LogP contribution in [0.1, 0.15) is 11.1 Å². The molecule has 0 bridgehead atoms. The van der Waals surface area contributed by atoms with Crippen LogP contribution in [0.4, 0.5) is 0 Å². The normalized spacial score (nSPS) is 16.0. The van der Waals surface area contributed by atoms with Gasteiger partial charge in [0.15, 0.2) is 0 Å². The van der Waals surface area contributed by atoms with Crippen molar-refractivity contribution in [3.05, 3.63) is 102 Å². The van der Waals surface area contributed by atoms with Gasteiger partial charge in [0.2, 0.25) is 0 Å². The summed E-state index contributed by atoms with van der Waals surface area (Å²) in [4.78, 5) is 0.939. The van der Waals surface area contributed by atoms with Crippen LogP contribution in [-0.2, 0) is 10.8 Å². The fourth-order valence-corrected chi connectivity index (χ4v) is 5.01. The lowest BCUT2D eigenvalue weighted by Gasteiger charge is -2.18. The molecule has 2 heteroatoms. The first kappa shape index (κ1) is 16.2. The summed E-state index contributed by atoms with van der Waals surface area (Å²) in [5.41, 5.74) is 5.76. The minimum atomic E-state index is -1.01. The number of hydrogen-bond donors (Lipinski definition) is 0. The topological polar surface area (TPSA) is 17.1 Å². The van der Waals surface area contributed by atoms with Gasteiger partial charge in [-0.3, -0.25) is 4.21 Å². The summed E-state index contributed by atoms with van der Waals surface area (Å²) in [5.74, 6) is 0.574. The van der Waals surface area contributed by atoms with Gasteiger partial charge < -0.3 is 0 Å². The van der Waals surface area contributed by atoms with Crippen LogP contribution in [0.25, 0.3) is 33.5 Å². The van der Waals surface area contributed by atoms with Crippen LogP contribution >= 0.6 is 0 Å². The third kappa shape index (κ3) is 3.02. The molecule has 0 spiro atoms. The van der Waals surface area contributed by atoms with E-state index in [2.05, 4.69) is 72.8 Å². The average Bonchev–Trinajstić information content (AvgIpc) is 2.73. The van der Waals surface area contributed by atoms with Crippen LogP contribution in [0, 0.1) is 0 Å². The summed E-state index contributed by atoms with van der Waals surface area (Å²) in [6, 6.07) is 31.4. The summed E-state index contributed by atoms with van der Waals surface area (Å²) in [6.45, 7) is 0. The highest BCUT2D eigenvalue weighted by Crippen LogP contribution is 2.34. The molecule has 130 valence electrons. The minimum absolute atomic E-state index is 0.574. The van der Waals surface area contributed by atoms with Crippen LogP contribution in [0.5, 0.6) is 0 Å². The van der Waals surface area contributed by atoms with Crippen molar-refractivity contribution in [3.8, 4) is 11.1 Å². The average molecular weight is 366 g/mol. The van der Waals surface area contributed by atoms with E-state index in [1.54, 1.807) is 0 Å². The lowest BCUT2D eigenvalue weighted by Crippen LogP contribution is -2.08. The molecule has 0 fully saturated rings. The van der Waals surface area contributed by atoms with Crippen LogP contribution in [0.2, 0.25) is 0 Å². The van der Waals surface area contributed by atoms with Crippen molar-refractivity contribution >= 4 is 33.2 Å². The van der Waals surface area contributed by atoms with Crippen molar-refractivity contribution in [3.63, 3.8) is 0 Å². The van der Waals surface area contributed by atoms with E-state index in [9.17, 15) is 4.21 Å². The van der Waals surface area contributed by atoms with E-state index in [-0.39, 0.29) is 0 Å². The molecular weight excluding hydrogens is 348 g/mol. The standard InChI is InChI=1S/C25H18OS/c26-27-17-24(19-9-5-2-6-10-19)15-23-14-22-13-20(18-7-3-1-4-8-18)11-12-21(22)16-25(23)27/h1-16H,17H2. The Morgan fingerprint density at radius 3 is 2.07 bits per heavy atom. The SMILES string of the molecule is O=S1CC(c2ccccc2)=Cc2cc3cc(-c4ccccc4)ccc3cc21. The zero-order chi connectivity index (χ0) is 18.2.